The number of nitrogens with zero attached hydrogens (tertiary/aromatic N) is 3. The molecule has 0 atom stereocenters. The van der Waals surface area contributed by atoms with Crippen LogP contribution in [0.4, 0.5) is 11.8 Å². The molecule has 1 aliphatic rings. The molecule has 1 fully saturated rings. The fourth-order valence-corrected chi connectivity index (χ4v) is 1.97. The molecule has 2 heterocycles. The van der Waals surface area contributed by atoms with Gasteiger partial charge >= 0.3 is 0 Å². The Bertz CT molecular complexity index is 379. The van der Waals surface area contributed by atoms with E-state index in [9.17, 15) is 0 Å². The molecule has 0 aliphatic carbocycles. The minimum absolute atomic E-state index is 0.316. The third-order valence-corrected chi connectivity index (χ3v) is 3.04. The number of hydrogen-bond donors (Lipinski definition) is 2. The summed E-state index contributed by atoms with van der Waals surface area (Å²) < 4.78 is 5.32. The molecule has 1 aromatic heterocycles. The van der Waals surface area contributed by atoms with E-state index in [1.165, 1.54) is 0 Å². The lowest BCUT2D eigenvalue weighted by molar-refractivity contribution is 0.0378. The fraction of sp³-hybridized carbons (Fsp3) is 0.667. The Kier molecular flexibility index (Phi) is 4.72. The topological polar surface area (TPSA) is 76.3 Å². The fourth-order valence-electron chi connectivity index (χ4n) is 1.97. The third kappa shape index (κ3) is 3.82. The summed E-state index contributed by atoms with van der Waals surface area (Å²) >= 11 is 0. The van der Waals surface area contributed by atoms with Crippen LogP contribution in [0.2, 0.25) is 0 Å². The number of ether oxygens (including phenoxy) is 1. The molecule has 0 saturated carbocycles. The van der Waals surface area contributed by atoms with Gasteiger partial charge in [0.05, 0.1) is 13.2 Å². The number of hydrogen-bond acceptors (Lipinski definition) is 6. The Labute approximate surface area is 108 Å². The molecule has 18 heavy (non-hydrogen) atoms. The van der Waals surface area contributed by atoms with Crippen molar-refractivity contribution in [1.82, 2.24) is 14.9 Å². The first kappa shape index (κ1) is 13.0. The average Bonchev–Trinajstić information content (AvgIpc) is 2.40. The molecule has 1 aromatic rings. The zero-order valence-electron chi connectivity index (χ0n) is 10.9. The van der Waals surface area contributed by atoms with Gasteiger partial charge in [-0.05, 0) is 19.9 Å². The molecular formula is C12H21N5O. The number of morpholine rings is 1. The maximum Gasteiger partial charge on any atom is 0.221 e. The molecule has 0 aromatic carbocycles. The van der Waals surface area contributed by atoms with Crippen LogP contribution in [0, 0.1) is 6.92 Å². The molecule has 0 radical (unpaired) electrons. The summed E-state index contributed by atoms with van der Waals surface area (Å²) in [6, 6.07) is 0. The third-order valence-electron chi connectivity index (χ3n) is 3.04. The maximum absolute atomic E-state index is 5.56. The Morgan fingerprint density at radius 1 is 1.44 bits per heavy atom. The van der Waals surface area contributed by atoms with Crippen LogP contribution in [0.3, 0.4) is 0 Å². The van der Waals surface area contributed by atoms with Gasteiger partial charge in [0.15, 0.2) is 0 Å². The van der Waals surface area contributed by atoms with E-state index in [-0.39, 0.29) is 0 Å². The molecule has 0 spiro atoms. The SMILES string of the molecule is Cc1cnc(N)nc1NCCCN1CCOCC1. The van der Waals surface area contributed by atoms with Crippen molar-refractivity contribution in [1.29, 1.82) is 0 Å². The minimum Gasteiger partial charge on any atom is -0.379 e. The second-order valence-corrected chi connectivity index (χ2v) is 4.49. The summed E-state index contributed by atoms with van der Waals surface area (Å²) in [6.45, 7) is 7.76. The molecule has 1 aliphatic heterocycles. The van der Waals surface area contributed by atoms with Crippen molar-refractivity contribution in [3.05, 3.63) is 11.8 Å². The summed E-state index contributed by atoms with van der Waals surface area (Å²) in [4.78, 5) is 10.5. The molecule has 1 saturated heterocycles. The molecule has 100 valence electrons. The van der Waals surface area contributed by atoms with Crippen LogP contribution < -0.4 is 11.1 Å². The predicted molar refractivity (Wildman–Crippen MR) is 71.5 cm³/mol. The van der Waals surface area contributed by atoms with Gasteiger partial charge in [-0.2, -0.15) is 4.98 Å². The number of anilines is 2. The number of nitrogens with one attached hydrogen (secondary N) is 1. The van der Waals surface area contributed by atoms with Crippen LogP contribution in [-0.2, 0) is 4.74 Å². The van der Waals surface area contributed by atoms with Crippen LogP contribution >= 0.6 is 0 Å². The molecule has 2 rings (SSSR count). The van der Waals surface area contributed by atoms with E-state index in [1.54, 1.807) is 6.20 Å². The van der Waals surface area contributed by atoms with Gasteiger partial charge in [-0.25, -0.2) is 4.98 Å². The lowest BCUT2D eigenvalue weighted by atomic mass is 10.3. The van der Waals surface area contributed by atoms with Gasteiger partial charge in [-0.15, -0.1) is 0 Å². The molecule has 0 unspecified atom stereocenters. The summed E-state index contributed by atoms with van der Waals surface area (Å²) in [5.74, 6) is 1.15. The summed E-state index contributed by atoms with van der Waals surface area (Å²) in [5.41, 5.74) is 6.59. The molecule has 0 amide bonds. The lowest BCUT2D eigenvalue weighted by Crippen LogP contribution is -2.37. The first-order valence-corrected chi connectivity index (χ1v) is 6.39. The van der Waals surface area contributed by atoms with E-state index in [0.717, 1.165) is 57.2 Å². The maximum atomic E-state index is 5.56. The van der Waals surface area contributed by atoms with E-state index in [1.807, 2.05) is 6.92 Å². The molecule has 6 nitrogen and oxygen atoms in total. The van der Waals surface area contributed by atoms with Crippen LogP contribution in [0.1, 0.15) is 12.0 Å². The van der Waals surface area contributed by atoms with E-state index in [2.05, 4.69) is 20.2 Å². The van der Waals surface area contributed by atoms with Crippen molar-refractivity contribution < 1.29 is 4.74 Å². The largest absolute Gasteiger partial charge is 0.379 e. The lowest BCUT2D eigenvalue weighted by Gasteiger charge is -2.26. The van der Waals surface area contributed by atoms with Crippen LogP contribution in [-0.4, -0.2) is 54.3 Å². The van der Waals surface area contributed by atoms with Gasteiger partial charge in [0.25, 0.3) is 0 Å². The van der Waals surface area contributed by atoms with E-state index in [0.29, 0.717) is 5.95 Å². The highest BCUT2D eigenvalue weighted by Crippen LogP contribution is 2.10. The molecule has 0 bridgehead atoms. The zero-order chi connectivity index (χ0) is 12.8. The van der Waals surface area contributed by atoms with Crippen LogP contribution in [0.15, 0.2) is 6.20 Å². The standard InChI is InChI=1S/C12H21N5O/c1-10-9-15-12(13)16-11(10)14-3-2-4-17-5-7-18-8-6-17/h9H,2-8H2,1H3,(H3,13,14,15,16). The molecule has 3 N–H and O–H groups in total. The number of nitrogen functional groups attached to an aromatic ring is 1. The Balaban J connectivity index is 1.69. The minimum atomic E-state index is 0.316. The highest BCUT2D eigenvalue weighted by atomic mass is 16.5. The Morgan fingerprint density at radius 3 is 3.00 bits per heavy atom. The van der Waals surface area contributed by atoms with Crippen molar-refractivity contribution >= 4 is 11.8 Å². The second kappa shape index (κ2) is 6.51. The van der Waals surface area contributed by atoms with Crippen molar-refractivity contribution in [2.24, 2.45) is 0 Å². The van der Waals surface area contributed by atoms with Crippen molar-refractivity contribution in [3.63, 3.8) is 0 Å². The number of aryl methyl sites for hydroxylation is 1. The summed E-state index contributed by atoms with van der Waals surface area (Å²) in [5, 5.41) is 3.30. The highest BCUT2D eigenvalue weighted by molar-refractivity contribution is 5.44. The average molecular weight is 251 g/mol. The smallest absolute Gasteiger partial charge is 0.221 e. The van der Waals surface area contributed by atoms with Gasteiger partial charge in [0.2, 0.25) is 5.95 Å². The van der Waals surface area contributed by atoms with E-state index >= 15 is 0 Å². The normalized spacial score (nSPS) is 16.7. The van der Waals surface area contributed by atoms with E-state index in [4.69, 9.17) is 10.5 Å². The first-order valence-electron chi connectivity index (χ1n) is 6.39. The number of nitrogens with two attached hydrogens (primary N) is 1. The van der Waals surface area contributed by atoms with E-state index < -0.39 is 0 Å². The zero-order valence-corrected chi connectivity index (χ0v) is 10.9. The van der Waals surface area contributed by atoms with Crippen LogP contribution in [0.5, 0.6) is 0 Å². The summed E-state index contributed by atoms with van der Waals surface area (Å²) in [6.07, 6.45) is 2.83. The first-order chi connectivity index (χ1) is 8.75. The molecule has 6 heteroatoms. The van der Waals surface area contributed by atoms with Gasteiger partial charge < -0.3 is 15.8 Å². The predicted octanol–water partition coefficient (Wildman–Crippen LogP) is 0.501. The van der Waals surface area contributed by atoms with Crippen molar-refractivity contribution in [3.8, 4) is 0 Å². The van der Waals surface area contributed by atoms with Crippen LogP contribution in [0.25, 0.3) is 0 Å². The van der Waals surface area contributed by atoms with Crippen molar-refractivity contribution in [2.75, 3.05) is 50.4 Å². The Morgan fingerprint density at radius 2 is 2.22 bits per heavy atom. The van der Waals surface area contributed by atoms with Crippen molar-refractivity contribution in [2.45, 2.75) is 13.3 Å². The quantitative estimate of drug-likeness (QED) is 0.742. The number of aromatic nitrogens is 2. The summed E-state index contributed by atoms with van der Waals surface area (Å²) in [7, 11) is 0. The van der Waals surface area contributed by atoms with Gasteiger partial charge in [-0.1, -0.05) is 0 Å². The number of rotatable bonds is 5. The van der Waals surface area contributed by atoms with Gasteiger partial charge in [0.1, 0.15) is 5.82 Å². The highest BCUT2D eigenvalue weighted by Gasteiger charge is 2.09. The monoisotopic (exact) mass is 251 g/mol. The Hall–Kier alpha value is -1.40. The van der Waals surface area contributed by atoms with Gasteiger partial charge in [-0.3, -0.25) is 4.90 Å². The second-order valence-electron chi connectivity index (χ2n) is 4.49. The molecular weight excluding hydrogens is 230 g/mol. The van der Waals surface area contributed by atoms with Gasteiger partial charge in [0, 0.05) is 31.4 Å².